The Bertz CT molecular complexity index is 1090. The van der Waals surface area contributed by atoms with Gasteiger partial charge in [-0.2, -0.15) is 0 Å². The van der Waals surface area contributed by atoms with Gasteiger partial charge in [0.05, 0.1) is 12.1 Å². The van der Waals surface area contributed by atoms with Crippen molar-refractivity contribution in [3.63, 3.8) is 0 Å². The van der Waals surface area contributed by atoms with Crippen molar-refractivity contribution in [2.45, 2.75) is 13.3 Å². The zero-order chi connectivity index (χ0) is 18.1. The second-order valence-electron chi connectivity index (χ2n) is 5.79. The molecule has 2 aromatic carbocycles. The van der Waals surface area contributed by atoms with Crippen molar-refractivity contribution in [2.75, 3.05) is 5.32 Å². The third kappa shape index (κ3) is 3.48. The third-order valence-corrected chi connectivity index (χ3v) is 4.70. The molecule has 0 aliphatic rings. The van der Waals surface area contributed by atoms with Crippen LogP contribution in [0.1, 0.15) is 11.6 Å². The molecule has 4 rings (SSSR count). The Morgan fingerprint density at radius 3 is 2.81 bits per heavy atom. The summed E-state index contributed by atoms with van der Waals surface area (Å²) >= 11 is 1.43. The summed E-state index contributed by atoms with van der Waals surface area (Å²) in [6.07, 6.45) is 0.160. The summed E-state index contributed by atoms with van der Waals surface area (Å²) < 4.78 is 18.4. The zero-order valence-corrected chi connectivity index (χ0v) is 14.6. The Labute approximate surface area is 152 Å². The summed E-state index contributed by atoms with van der Waals surface area (Å²) in [6.45, 7) is 1.78. The Hall–Kier alpha value is -3.06. The number of carbonyl (C=O) groups is 1. The predicted molar refractivity (Wildman–Crippen MR) is 98.6 cm³/mol. The molecule has 0 unspecified atom stereocenters. The Morgan fingerprint density at radius 2 is 2.00 bits per heavy atom. The van der Waals surface area contributed by atoms with Gasteiger partial charge in [0.15, 0.2) is 11.5 Å². The van der Waals surface area contributed by atoms with E-state index in [-0.39, 0.29) is 18.1 Å². The average Bonchev–Trinajstić information content (AvgIpc) is 3.20. The van der Waals surface area contributed by atoms with E-state index in [0.717, 1.165) is 10.6 Å². The zero-order valence-electron chi connectivity index (χ0n) is 13.8. The van der Waals surface area contributed by atoms with E-state index in [4.69, 9.17) is 4.42 Å². The number of fused-ring (bicyclic) bond motifs is 1. The average molecular weight is 367 g/mol. The van der Waals surface area contributed by atoms with Crippen molar-refractivity contribution in [1.29, 1.82) is 0 Å². The van der Waals surface area contributed by atoms with Gasteiger partial charge < -0.3 is 9.73 Å². The first kappa shape index (κ1) is 16.4. The van der Waals surface area contributed by atoms with E-state index in [1.165, 1.54) is 23.5 Å². The number of nitrogens with one attached hydrogen (secondary N) is 1. The Kier molecular flexibility index (Phi) is 4.22. The van der Waals surface area contributed by atoms with Crippen molar-refractivity contribution >= 4 is 34.0 Å². The number of carbonyl (C=O) groups excluding carboxylic acids is 1. The molecular formula is C19H14FN3O2S. The minimum atomic E-state index is -0.288. The summed E-state index contributed by atoms with van der Waals surface area (Å²) in [5.41, 5.74) is 3.54. The van der Waals surface area contributed by atoms with Gasteiger partial charge >= 0.3 is 0 Å². The molecule has 0 spiro atoms. The number of hydrogen-bond donors (Lipinski definition) is 1. The fraction of sp³-hybridized carbons (Fsp3) is 0.105. The first-order chi connectivity index (χ1) is 12.6. The number of aromatic nitrogens is 2. The third-order valence-electron chi connectivity index (χ3n) is 3.76. The van der Waals surface area contributed by atoms with Crippen LogP contribution in [0.5, 0.6) is 0 Å². The SMILES string of the molecule is Cc1nc2cc(NC(=O)Cc3csc(-c4ccc(F)cc4)n3)ccc2o1. The molecule has 0 radical (unpaired) electrons. The second-order valence-corrected chi connectivity index (χ2v) is 6.65. The molecule has 7 heteroatoms. The maximum Gasteiger partial charge on any atom is 0.230 e. The van der Waals surface area contributed by atoms with Crippen LogP contribution < -0.4 is 5.32 Å². The quantitative estimate of drug-likeness (QED) is 0.573. The number of rotatable bonds is 4. The van der Waals surface area contributed by atoms with Crippen molar-refractivity contribution in [2.24, 2.45) is 0 Å². The fourth-order valence-electron chi connectivity index (χ4n) is 2.60. The van der Waals surface area contributed by atoms with E-state index in [9.17, 15) is 9.18 Å². The number of thiazole rings is 1. The molecule has 0 saturated carbocycles. The predicted octanol–water partition coefficient (Wildman–Crippen LogP) is 4.58. The Balaban J connectivity index is 1.45. The van der Waals surface area contributed by atoms with Gasteiger partial charge in [-0.1, -0.05) is 0 Å². The minimum Gasteiger partial charge on any atom is -0.441 e. The van der Waals surface area contributed by atoms with Crippen LogP contribution in [0.2, 0.25) is 0 Å². The van der Waals surface area contributed by atoms with Crippen LogP contribution in [0.15, 0.2) is 52.3 Å². The van der Waals surface area contributed by atoms with Gasteiger partial charge in [-0.05, 0) is 42.5 Å². The number of benzene rings is 2. The van der Waals surface area contributed by atoms with Crippen LogP contribution >= 0.6 is 11.3 Å². The number of halogens is 1. The molecule has 26 heavy (non-hydrogen) atoms. The molecule has 130 valence electrons. The highest BCUT2D eigenvalue weighted by Gasteiger charge is 2.11. The number of anilines is 1. The summed E-state index contributed by atoms with van der Waals surface area (Å²) in [6, 6.07) is 11.5. The molecule has 0 aliphatic carbocycles. The molecule has 5 nitrogen and oxygen atoms in total. The largest absolute Gasteiger partial charge is 0.441 e. The van der Waals surface area contributed by atoms with Crippen molar-refractivity contribution < 1.29 is 13.6 Å². The highest BCUT2D eigenvalue weighted by molar-refractivity contribution is 7.13. The molecule has 0 atom stereocenters. The molecule has 1 amide bonds. The fourth-order valence-corrected chi connectivity index (χ4v) is 3.43. The van der Waals surface area contributed by atoms with Crippen LogP contribution in [-0.4, -0.2) is 15.9 Å². The first-order valence-electron chi connectivity index (χ1n) is 7.94. The summed E-state index contributed by atoms with van der Waals surface area (Å²) in [4.78, 5) is 21.0. The van der Waals surface area contributed by atoms with Gasteiger partial charge in [0.1, 0.15) is 16.3 Å². The maximum atomic E-state index is 13.0. The van der Waals surface area contributed by atoms with Crippen molar-refractivity contribution in [3.8, 4) is 10.6 Å². The number of hydrogen-bond acceptors (Lipinski definition) is 5. The van der Waals surface area contributed by atoms with Gasteiger partial charge in [-0.15, -0.1) is 11.3 Å². The highest BCUT2D eigenvalue weighted by atomic mass is 32.1. The van der Waals surface area contributed by atoms with Gasteiger partial charge in [0, 0.05) is 23.6 Å². The monoisotopic (exact) mass is 367 g/mol. The van der Waals surface area contributed by atoms with E-state index < -0.39 is 0 Å². The summed E-state index contributed by atoms with van der Waals surface area (Å²) in [5, 5.41) is 5.44. The van der Waals surface area contributed by atoms with E-state index in [2.05, 4.69) is 15.3 Å². The molecule has 0 aliphatic heterocycles. The van der Waals surface area contributed by atoms with E-state index in [1.807, 2.05) is 5.38 Å². The van der Waals surface area contributed by atoms with Crippen molar-refractivity contribution in [1.82, 2.24) is 9.97 Å². The highest BCUT2D eigenvalue weighted by Crippen LogP contribution is 2.24. The Morgan fingerprint density at radius 1 is 1.19 bits per heavy atom. The van der Waals surface area contributed by atoms with Crippen LogP contribution in [-0.2, 0) is 11.2 Å². The molecule has 0 bridgehead atoms. The molecule has 2 aromatic heterocycles. The van der Waals surface area contributed by atoms with E-state index in [0.29, 0.717) is 28.4 Å². The number of aryl methyl sites for hydroxylation is 1. The minimum absolute atomic E-state index is 0.160. The maximum absolute atomic E-state index is 13.0. The second kappa shape index (κ2) is 6.68. The van der Waals surface area contributed by atoms with Gasteiger partial charge in [0.25, 0.3) is 0 Å². The van der Waals surface area contributed by atoms with Crippen LogP contribution in [0.25, 0.3) is 21.7 Å². The molecule has 4 aromatic rings. The number of amides is 1. The molecule has 0 fully saturated rings. The van der Waals surface area contributed by atoms with Crippen LogP contribution in [0.3, 0.4) is 0 Å². The molecule has 0 saturated heterocycles. The lowest BCUT2D eigenvalue weighted by Gasteiger charge is -2.03. The smallest absolute Gasteiger partial charge is 0.230 e. The van der Waals surface area contributed by atoms with Crippen molar-refractivity contribution in [3.05, 3.63) is 65.2 Å². The van der Waals surface area contributed by atoms with Crippen LogP contribution in [0.4, 0.5) is 10.1 Å². The van der Waals surface area contributed by atoms with Gasteiger partial charge in [0.2, 0.25) is 5.91 Å². The standard InChI is InChI=1S/C19H14FN3O2S/c1-11-21-16-8-14(6-7-17(16)25-11)22-18(24)9-15-10-26-19(23-15)12-2-4-13(20)5-3-12/h2-8,10H,9H2,1H3,(H,22,24). The molecule has 2 heterocycles. The normalized spacial score (nSPS) is 11.0. The summed E-state index contributed by atoms with van der Waals surface area (Å²) in [5.74, 6) is 0.129. The van der Waals surface area contributed by atoms with E-state index >= 15 is 0 Å². The van der Waals surface area contributed by atoms with E-state index in [1.54, 1.807) is 37.3 Å². The number of oxazole rings is 1. The van der Waals surface area contributed by atoms with Gasteiger partial charge in [-0.3, -0.25) is 4.79 Å². The number of nitrogens with zero attached hydrogens (tertiary/aromatic N) is 2. The topological polar surface area (TPSA) is 68.0 Å². The molecule has 1 N–H and O–H groups in total. The lowest BCUT2D eigenvalue weighted by Crippen LogP contribution is -2.14. The first-order valence-corrected chi connectivity index (χ1v) is 8.82. The molecular weight excluding hydrogens is 353 g/mol. The lowest BCUT2D eigenvalue weighted by molar-refractivity contribution is -0.115. The van der Waals surface area contributed by atoms with Crippen LogP contribution in [0, 0.1) is 12.7 Å². The van der Waals surface area contributed by atoms with Gasteiger partial charge in [-0.25, -0.2) is 14.4 Å². The summed E-state index contributed by atoms with van der Waals surface area (Å²) in [7, 11) is 0. The lowest BCUT2D eigenvalue weighted by atomic mass is 10.2.